The zero-order valence-electron chi connectivity index (χ0n) is 17.5. The highest BCUT2D eigenvalue weighted by Gasteiger charge is 2.21. The van der Waals surface area contributed by atoms with Crippen LogP contribution in [0, 0.1) is 5.92 Å². The molecular formula is C22H29N3O5S. The number of benzene rings is 2. The summed E-state index contributed by atoms with van der Waals surface area (Å²) in [5, 5.41) is 20.0. The van der Waals surface area contributed by atoms with Crippen molar-refractivity contribution in [2.24, 2.45) is 11.1 Å². The number of carbonyl (C=O) groups is 1. The number of carboxylic acid groups (broad SMARTS) is 1. The van der Waals surface area contributed by atoms with Gasteiger partial charge in [-0.05, 0) is 67.0 Å². The maximum atomic E-state index is 11.5. The van der Waals surface area contributed by atoms with E-state index in [0.29, 0.717) is 25.0 Å². The summed E-state index contributed by atoms with van der Waals surface area (Å²) >= 11 is 0. The first-order valence-electron chi connectivity index (χ1n) is 10.3. The van der Waals surface area contributed by atoms with Gasteiger partial charge in [0, 0.05) is 24.7 Å². The zero-order valence-corrected chi connectivity index (χ0v) is 18.3. The molecule has 1 aliphatic carbocycles. The van der Waals surface area contributed by atoms with Crippen molar-refractivity contribution in [3.63, 3.8) is 0 Å². The number of amides is 1. The average Bonchev–Trinajstić information content (AvgIpc) is 2.76. The van der Waals surface area contributed by atoms with Gasteiger partial charge >= 0.3 is 6.09 Å². The van der Waals surface area contributed by atoms with Crippen LogP contribution in [0.2, 0.25) is 0 Å². The lowest BCUT2D eigenvalue weighted by molar-refractivity contribution is 0.189. The molecule has 0 unspecified atom stereocenters. The Morgan fingerprint density at radius 2 is 1.74 bits per heavy atom. The van der Waals surface area contributed by atoms with Gasteiger partial charge in [0.25, 0.3) is 0 Å². The van der Waals surface area contributed by atoms with Crippen LogP contribution in [0.15, 0.2) is 47.4 Å². The van der Waals surface area contributed by atoms with Crippen LogP contribution in [0.3, 0.4) is 0 Å². The third-order valence-electron chi connectivity index (χ3n) is 5.77. The van der Waals surface area contributed by atoms with Crippen LogP contribution in [0.1, 0.15) is 31.2 Å². The van der Waals surface area contributed by atoms with Gasteiger partial charge in [0.2, 0.25) is 10.0 Å². The lowest BCUT2D eigenvalue weighted by Crippen LogP contribution is -2.36. The van der Waals surface area contributed by atoms with Gasteiger partial charge in [-0.1, -0.05) is 18.2 Å². The van der Waals surface area contributed by atoms with Crippen molar-refractivity contribution in [2.45, 2.75) is 43.2 Å². The van der Waals surface area contributed by atoms with Gasteiger partial charge in [-0.15, -0.1) is 0 Å². The lowest BCUT2D eigenvalue weighted by Gasteiger charge is -2.29. The Kier molecular flexibility index (Phi) is 7.53. The number of nitrogens with one attached hydrogen (secondary N) is 2. The Bertz CT molecular complexity index is 1000. The fourth-order valence-corrected chi connectivity index (χ4v) is 4.51. The predicted molar refractivity (Wildman–Crippen MR) is 118 cm³/mol. The van der Waals surface area contributed by atoms with Gasteiger partial charge in [-0.3, -0.25) is 0 Å². The topological polar surface area (TPSA) is 131 Å². The number of sulfonamides is 1. The minimum atomic E-state index is -3.72. The van der Waals surface area contributed by atoms with Crippen LogP contribution in [-0.4, -0.2) is 39.3 Å². The van der Waals surface area contributed by atoms with E-state index in [-0.39, 0.29) is 4.90 Å². The minimum Gasteiger partial charge on any atom is -0.496 e. The van der Waals surface area contributed by atoms with Crippen molar-refractivity contribution in [3.8, 4) is 16.9 Å². The molecule has 2 aromatic carbocycles. The Hall–Kier alpha value is -2.62. The summed E-state index contributed by atoms with van der Waals surface area (Å²) < 4.78 is 28.4. The van der Waals surface area contributed by atoms with E-state index in [2.05, 4.69) is 10.6 Å². The van der Waals surface area contributed by atoms with Crippen molar-refractivity contribution in [1.82, 2.24) is 10.6 Å². The van der Waals surface area contributed by atoms with E-state index in [1.165, 1.54) is 12.1 Å². The third kappa shape index (κ3) is 6.43. The second kappa shape index (κ2) is 10.1. The second-order valence-corrected chi connectivity index (χ2v) is 9.44. The number of hydrogen-bond donors (Lipinski definition) is 4. The summed E-state index contributed by atoms with van der Waals surface area (Å²) in [6.07, 6.45) is 3.02. The molecule has 1 fully saturated rings. The SMILES string of the molecule is COc1ccc(-c2ccc(S(N)(=O)=O)cc2)cc1CNC1CCC(CNC(=O)O)CC1. The number of ether oxygens (including phenoxy) is 1. The van der Waals surface area contributed by atoms with Gasteiger partial charge in [0.1, 0.15) is 5.75 Å². The summed E-state index contributed by atoms with van der Waals surface area (Å²) in [4.78, 5) is 10.7. The summed E-state index contributed by atoms with van der Waals surface area (Å²) in [5.41, 5.74) is 2.87. The van der Waals surface area contributed by atoms with E-state index in [1.807, 2.05) is 18.2 Å². The molecule has 0 radical (unpaired) electrons. The highest BCUT2D eigenvalue weighted by molar-refractivity contribution is 7.89. The molecule has 5 N–H and O–H groups in total. The number of hydrogen-bond acceptors (Lipinski definition) is 5. The Morgan fingerprint density at radius 3 is 2.32 bits per heavy atom. The first-order valence-corrected chi connectivity index (χ1v) is 11.8. The summed E-state index contributed by atoms with van der Waals surface area (Å²) in [6.45, 7) is 1.16. The van der Waals surface area contributed by atoms with E-state index in [9.17, 15) is 13.2 Å². The normalized spacial score (nSPS) is 19.0. The fraction of sp³-hybridized carbons (Fsp3) is 0.409. The average molecular weight is 448 g/mol. The van der Waals surface area contributed by atoms with Crippen LogP contribution in [0.4, 0.5) is 4.79 Å². The summed E-state index contributed by atoms with van der Waals surface area (Å²) in [5.74, 6) is 1.18. The Balaban J connectivity index is 1.63. The maximum Gasteiger partial charge on any atom is 0.404 e. The lowest BCUT2D eigenvalue weighted by atomic mass is 9.86. The van der Waals surface area contributed by atoms with Crippen LogP contribution in [0.5, 0.6) is 5.75 Å². The molecule has 2 aromatic rings. The molecule has 0 spiro atoms. The predicted octanol–water partition coefficient (Wildman–Crippen LogP) is 2.93. The first-order chi connectivity index (χ1) is 14.8. The van der Waals surface area contributed by atoms with E-state index < -0.39 is 16.1 Å². The van der Waals surface area contributed by atoms with Crippen molar-refractivity contribution < 1.29 is 23.1 Å². The number of rotatable bonds is 8. The number of primary sulfonamides is 1. The van der Waals surface area contributed by atoms with Gasteiger partial charge in [-0.25, -0.2) is 18.4 Å². The monoisotopic (exact) mass is 447 g/mol. The largest absolute Gasteiger partial charge is 0.496 e. The highest BCUT2D eigenvalue weighted by Crippen LogP contribution is 2.29. The van der Waals surface area contributed by atoms with Gasteiger partial charge < -0.3 is 20.5 Å². The molecule has 1 amide bonds. The van der Waals surface area contributed by atoms with Crippen molar-refractivity contribution >= 4 is 16.1 Å². The van der Waals surface area contributed by atoms with Crippen molar-refractivity contribution in [1.29, 1.82) is 0 Å². The van der Waals surface area contributed by atoms with Crippen LogP contribution in [0.25, 0.3) is 11.1 Å². The molecule has 0 bridgehead atoms. The second-order valence-electron chi connectivity index (χ2n) is 7.88. The molecule has 0 heterocycles. The van der Waals surface area contributed by atoms with Crippen molar-refractivity contribution in [3.05, 3.63) is 48.0 Å². The van der Waals surface area contributed by atoms with Crippen LogP contribution < -0.4 is 20.5 Å². The molecule has 0 saturated heterocycles. The van der Waals surface area contributed by atoms with E-state index in [0.717, 1.165) is 48.1 Å². The van der Waals surface area contributed by atoms with E-state index in [4.69, 9.17) is 15.0 Å². The Morgan fingerprint density at radius 1 is 1.10 bits per heavy atom. The standard InChI is InChI=1S/C22H29N3O5S/c1-30-21-11-6-17(16-4-9-20(10-5-16)31(23,28)29)12-18(21)14-24-19-7-2-15(3-8-19)13-25-22(26)27/h4-6,9-12,15,19,24-25H,2-3,7-8,13-14H2,1H3,(H,26,27)(H2,23,28,29). The van der Waals surface area contributed by atoms with E-state index >= 15 is 0 Å². The zero-order chi connectivity index (χ0) is 22.4. The molecule has 168 valence electrons. The summed E-state index contributed by atoms with van der Waals surface area (Å²) in [7, 11) is -2.08. The first kappa shape index (κ1) is 23.1. The van der Waals surface area contributed by atoms with Gasteiger partial charge in [0.15, 0.2) is 0 Å². The molecule has 31 heavy (non-hydrogen) atoms. The third-order valence-corrected chi connectivity index (χ3v) is 6.70. The molecule has 0 atom stereocenters. The Labute approximate surface area is 182 Å². The molecule has 8 nitrogen and oxygen atoms in total. The maximum absolute atomic E-state index is 11.5. The molecular weight excluding hydrogens is 418 g/mol. The molecule has 3 rings (SSSR count). The fourth-order valence-electron chi connectivity index (χ4n) is 3.99. The molecule has 1 saturated carbocycles. The van der Waals surface area contributed by atoms with E-state index in [1.54, 1.807) is 19.2 Å². The van der Waals surface area contributed by atoms with Crippen molar-refractivity contribution in [2.75, 3.05) is 13.7 Å². The summed E-state index contributed by atoms with van der Waals surface area (Å²) in [6, 6.07) is 12.8. The van der Waals surface area contributed by atoms with Crippen LogP contribution in [-0.2, 0) is 16.6 Å². The van der Waals surface area contributed by atoms with Gasteiger partial charge in [0.05, 0.1) is 12.0 Å². The highest BCUT2D eigenvalue weighted by atomic mass is 32.2. The number of methoxy groups -OCH3 is 1. The smallest absolute Gasteiger partial charge is 0.404 e. The van der Waals surface area contributed by atoms with Gasteiger partial charge in [-0.2, -0.15) is 0 Å². The molecule has 9 heteroatoms. The molecule has 0 aromatic heterocycles. The minimum absolute atomic E-state index is 0.0841. The number of nitrogens with two attached hydrogens (primary N) is 1. The quantitative estimate of drug-likeness (QED) is 0.492. The molecule has 1 aliphatic rings. The molecule has 0 aliphatic heterocycles. The van der Waals surface area contributed by atoms with Crippen LogP contribution >= 0.6 is 0 Å².